The molecule has 0 saturated carbocycles. The fourth-order valence-electron chi connectivity index (χ4n) is 2.35. The van der Waals surface area contributed by atoms with Gasteiger partial charge in [0.15, 0.2) is 5.43 Å². The van der Waals surface area contributed by atoms with Gasteiger partial charge >= 0.3 is 59.1 Å². The van der Waals surface area contributed by atoms with Crippen molar-refractivity contribution in [2.24, 2.45) is 0 Å². The van der Waals surface area contributed by atoms with Gasteiger partial charge in [0.05, 0.1) is 6.61 Å². The van der Waals surface area contributed by atoms with Crippen LogP contribution in [-0.2, 0) is 0 Å². The van der Waals surface area contributed by atoms with Gasteiger partial charge in [-0.15, -0.1) is 11.5 Å². The van der Waals surface area contributed by atoms with Crippen molar-refractivity contribution >= 4 is 11.0 Å². The molecule has 8 heteroatoms. The molecule has 1 aromatic heterocycles. The molecule has 0 radical (unpaired) electrons. The normalized spacial score (nSPS) is 9.54. The molecule has 0 aliphatic heterocycles. The smallest absolute Gasteiger partial charge is 0.873 e. The van der Waals surface area contributed by atoms with E-state index in [9.17, 15) is 20.1 Å². The van der Waals surface area contributed by atoms with Gasteiger partial charge in [-0.3, -0.25) is 4.79 Å². The predicted octanol–water partition coefficient (Wildman–Crippen LogP) is -2.86. The zero-order chi connectivity index (χ0) is 19.3. The predicted molar refractivity (Wildman–Crippen MR) is 95.6 cm³/mol. The van der Waals surface area contributed by atoms with Gasteiger partial charge in [0.1, 0.15) is 28.2 Å². The summed E-state index contributed by atoms with van der Waals surface area (Å²) in [4.78, 5) is 12.3. The van der Waals surface area contributed by atoms with Gasteiger partial charge in [0, 0.05) is 23.8 Å². The van der Waals surface area contributed by atoms with E-state index in [0.29, 0.717) is 17.9 Å². The number of phenolic OH excluding ortho intramolecular Hbond substituents is 1. The third-order valence-electron chi connectivity index (χ3n) is 3.48. The summed E-state index contributed by atoms with van der Waals surface area (Å²) in [5.41, 5.74) is 0.00432. The Morgan fingerprint density at radius 3 is 2.32 bits per heavy atom. The van der Waals surface area contributed by atoms with Crippen molar-refractivity contribution in [3.05, 3.63) is 46.6 Å². The minimum atomic E-state index is -0.682. The zero-order valence-corrected chi connectivity index (χ0v) is 20.9. The maximum Gasteiger partial charge on any atom is 1.00 e. The van der Waals surface area contributed by atoms with Crippen LogP contribution < -0.4 is 79.5 Å². The monoisotopic (exact) mass is 402 g/mol. The SMILES string of the molecule is CC.CCCOc1cc(O)c2c(=O)cc(-c3ccc([O-])c([O-])c3)oc2c1.[Na+].[Na+]. The molecule has 1 N–H and O–H groups in total. The number of hydrogen-bond donors (Lipinski definition) is 1. The van der Waals surface area contributed by atoms with Gasteiger partial charge in [-0.05, 0) is 6.42 Å². The summed E-state index contributed by atoms with van der Waals surface area (Å²) in [6.45, 7) is 6.40. The van der Waals surface area contributed by atoms with Crippen LogP contribution in [-0.4, -0.2) is 11.7 Å². The van der Waals surface area contributed by atoms with Crippen LogP contribution >= 0.6 is 0 Å². The number of phenols is 1. The largest absolute Gasteiger partial charge is 1.00 e. The first-order valence-corrected chi connectivity index (χ1v) is 8.41. The standard InChI is InChI=1S/C18H16O6.C2H6.2Na/c1-2-5-23-11-7-14(21)18-15(22)9-16(24-17(18)8-11)10-3-4-12(19)13(20)6-10;1-2;;/h3-4,6-9,19-21H,2,5H2,1H3;1-2H3;;/q;;2*+1/p-2. The van der Waals surface area contributed by atoms with Crippen LogP contribution in [0.4, 0.5) is 0 Å². The molecule has 6 nitrogen and oxygen atoms in total. The summed E-state index contributed by atoms with van der Waals surface area (Å²) in [6.07, 6.45) is 0.788. The number of ether oxygens (including phenoxy) is 1. The molecule has 0 fully saturated rings. The van der Waals surface area contributed by atoms with E-state index in [1.165, 1.54) is 24.3 Å². The molecule has 1 heterocycles. The Balaban J connectivity index is 0.00000177. The minimum Gasteiger partial charge on any atom is -0.873 e. The summed E-state index contributed by atoms with van der Waals surface area (Å²) >= 11 is 0. The summed E-state index contributed by atoms with van der Waals surface area (Å²) in [5, 5.41) is 32.8. The number of hydrogen-bond acceptors (Lipinski definition) is 6. The third kappa shape index (κ3) is 6.17. The Kier molecular flexibility index (Phi) is 11.9. The average Bonchev–Trinajstić information content (AvgIpc) is 2.63. The van der Waals surface area contributed by atoms with E-state index < -0.39 is 16.9 Å². The van der Waals surface area contributed by atoms with Crippen molar-refractivity contribution in [2.75, 3.05) is 6.61 Å². The first-order chi connectivity index (χ1) is 12.5. The minimum absolute atomic E-state index is 0. The molecule has 0 unspecified atom stereocenters. The second-order valence-corrected chi connectivity index (χ2v) is 5.30. The van der Waals surface area contributed by atoms with Crippen LogP contribution in [0.3, 0.4) is 0 Å². The second-order valence-electron chi connectivity index (χ2n) is 5.30. The van der Waals surface area contributed by atoms with Crippen LogP contribution in [0.5, 0.6) is 23.0 Å². The zero-order valence-electron chi connectivity index (χ0n) is 16.9. The van der Waals surface area contributed by atoms with Gasteiger partial charge in [-0.25, -0.2) is 0 Å². The number of fused-ring (bicyclic) bond motifs is 1. The fourth-order valence-corrected chi connectivity index (χ4v) is 2.35. The van der Waals surface area contributed by atoms with E-state index in [4.69, 9.17) is 9.15 Å². The Hall–Kier alpha value is -1.15. The van der Waals surface area contributed by atoms with E-state index >= 15 is 0 Å². The Bertz CT molecular complexity index is 969. The van der Waals surface area contributed by atoms with E-state index in [1.54, 1.807) is 0 Å². The molecule has 0 bridgehead atoms. The molecule has 3 aromatic rings. The van der Waals surface area contributed by atoms with E-state index in [1.807, 2.05) is 20.8 Å². The van der Waals surface area contributed by atoms with Crippen molar-refractivity contribution in [3.63, 3.8) is 0 Å². The van der Waals surface area contributed by atoms with Crippen LogP contribution in [0.25, 0.3) is 22.3 Å². The van der Waals surface area contributed by atoms with Crippen molar-refractivity contribution in [1.29, 1.82) is 0 Å². The molecule has 138 valence electrons. The molecule has 3 rings (SSSR count). The van der Waals surface area contributed by atoms with E-state index in [2.05, 4.69) is 0 Å². The quantitative estimate of drug-likeness (QED) is 0.471. The van der Waals surface area contributed by atoms with Gasteiger partial charge in [-0.2, -0.15) is 0 Å². The van der Waals surface area contributed by atoms with Gasteiger partial charge < -0.3 is 24.5 Å². The number of benzene rings is 2. The van der Waals surface area contributed by atoms with Crippen molar-refractivity contribution in [2.45, 2.75) is 27.2 Å². The molecule has 0 atom stereocenters. The van der Waals surface area contributed by atoms with Crippen LogP contribution in [0.15, 0.2) is 45.6 Å². The first-order valence-electron chi connectivity index (χ1n) is 8.41. The molecule has 0 aliphatic rings. The fraction of sp³-hybridized carbons (Fsp3) is 0.250. The summed E-state index contributed by atoms with van der Waals surface area (Å²) in [5.74, 6) is -1.04. The molecular formula is C20H20Na2O6. The molecule has 2 aromatic carbocycles. The molecule has 0 saturated heterocycles. The molecule has 28 heavy (non-hydrogen) atoms. The van der Waals surface area contributed by atoms with Gasteiger partial charge in [-0.1, -0.05) is 39.0 Å². The van der Waals surface area contributed by atoms with Crippen LogP contribution in [0, 0.1) is 0 Å². The molecule has 0 aliphatic carbocycles. The van der Waals surface area contributed by atoms with Crippen LogP contribution in [0.1, 0.15) is 27.2 Å². The third-order valence-corrected chi connectivity index (χ3v) is 3.48. The Morgan fingerprint density at radius 1 is 1.04 bits per heavy atom. The summed E-state index contributed by atoms with van der Waals surface area (Å²) < 4.78 is 11.1. The number of aromatic hydroxyl groups is 1. The Morgan fingerprint density at radius 2 is 1.71 bits per heavy atom. The maximum atomic E-state index is 12.3. The average molecular weight is 402 g/mol. The maximum absolute atomic E-state index is 12.3. The van der Waals surface area contributed by atoms with Gasteiger partial charge in [0.2, 0.25) is 0 Å². The first kappa shape index (κ1) is 26.9. The molecule has 0 amide bonds. The Labute approximate surface area is 207 Å². The van der Waals surface area contributed by atoms with E-state index in [0.717, 1.165) is 18.6 Å². The molecule has 0 spiro atoms. The summed E-state index contributed by atoms with van der Waals surface area (Å²) in [7, 11) is 0. The molecular weight excluding hydrogens is 382 g/mol. The van der Waals surface area contributed by atoms with Crippen molar-refractivity contribution in [1.82, 2.24) is 0 Å². The summed E-state index contributed by atoms with van der Waals surface area (Å²) in [6, 6.07) is 7.69. The topological polar surface area (TPSA) is 106 Å². The second kappa shape index (κ2) is 12.4. The van der Waals surface area contributed by atoms with E-state index in [-0.39, 0.29) is 81.6 Å². The van der Waals surface area contributed by atoms with Crippen molar-refractivity contribution in [3.8, 4) is 34.3 Å². The van der Waals surface area contributed by atoms with Crippen LogP contribution in [0.2, 0.25) is 0 Å². The van der Waals surface area contributed by atoms with Crippen molar-refractivity contribution < 1.29 is 83.6 Å². The van der Waals surface area contributed by atoms with Gasteiger partial charge in [0.25, 0.3) is 0 Å². The number of rotatable bonds is 4.